The molecule has 1 heterocycles. The Hall–Kier alpha value is -0.280. The third-order valence-corrected chi connectivity index (χ3v) is 3.08. The largest absolute Gasteiger partial charge is 0.341 e. The first-order valence-electron chi connectivity index (χ1n) is 6.30. The van der Waals surface area contributed by atoms with E-state index in [1.54, 1.807) is 0 Å². The molecule has 16 heavy (non-hydrogen) atoms. The fourth-order valence-electron chi connectivity index (χ4n) is 2.14. The van der Waals surface area contributed by atoms with E-state index in [2.05, 4.69) is 6.92 Å². The quantitative estimate of drug-likeness (QED) is 0.833. The Balaban J connectivity index is 0.00000225. The zero-order chi connectivity index (χ0) is 11.1. The summed E-state index contributed by atoms with van der Waals surface area (Å²) in [6.45, 7) is 3.90. The first-order chi connectivity index (χ1) is 7.25. The van der Waals surface area contributed by atoms with Crippen LogP contribution in [0.5, 0.6) is 0 Å². The topological polar surface area (TPSA) is 46.3 Å². The average Bonchev–Trinajstić information content (AvgIpc) is 2.16. The van der Waals surface area contributed by atoms with Gasteiger partial charge in [0.15, 0.2) is 0 Å². The summed E-state index contributed by atoms with van der Waals surface area (Å²) < 4.78 is 0. The molecule has 1 aliphatic rings. The number of hydrogen-bond acceptors (Lipinski definition) is 2. The third-order valence-electron chi connectivity index (χ3n) is 3.08. The highest BCUT2D eigenvalue weighted by molar-refractivity contribution is 5.85. The number of likely N-dealkylation sites (tertiary alicyclic amines) is 1. The molecule has 1 atom stereocenters. The molecule has 0 aromatic heterocycles. The zero-order valence-corrected chi connectivity index (χ0v) is 11.1. The minimum Gasteiger partial charge on any atom is -0.341 e. The highest BCUT2D eigenvalue weighted by Crippen LogP contribution is 2.11. The van der Waals surface area contributed by atoms with Crippen molar-refractivity contribution in [2.75, 3.05) is 13.1 Å². The van der Waals surface area contributed by atoms with Crippen LogP contribution in [0.15, 0.2) is 0 Å². The van der Waals surface area contributed by atoms with Crippen molar-refractivity contribution in [3.05, 3.63) is 0 Å². The molecular weight excluding hydrogens is 224 g/mol. The molecule has 96 valence electrons. The fraction of sp³-hybridized carbons (Fsp3) is 0.917. The van der Waals surface area contributed by atoms with E-state index in [9.17, 15) is 4.79 Å². The number of hydrogen-bond donors (Lipinski definition) is 1. The average molecular weight is 249 g/mol. The maximum absolute atomic E-state index is 12.0. The van der Waals surface area contributed by atoms with Crippen molar-refractivity contribution < 1.29 is 4.79 Å². The van der Waals surface area contributed by atoms with Gasteiger partial charge in [-0.1, -0.05) is 32.6 Å². The number of amides is 1. The molecule has 2 N–H and O–H groups in total. The van der Waals surface area contributed by atoms with Gasteiger partial charge in [-0.2, -0.15) is 0 Å². The summed E-state index contributed by atoms with van der Waals surface area (Å²) in [4.78, 5) is 13.9. The van der Waals surface area contributed by atoms with Crippen molar-refractivity contribution in [3.8, 4) is 0 Å². The van der Waals surface area contributed by atoms with Crippen molar-refractivity contribution in [2.45, 2.75) is 57.9 Å². The number of rotatable bonds is 3. The van der Waals surface area contributed by atoms with Gasteiger partial charge in [-0.25, -0.2) is 0 Å². The Bertz CT molecular complexity index is 191. The lowest BCUT2D eigenvalue weighted by molar-refractivity contribution is -0.133. The molecule has 1 amide bonds. The van der Waals surface area contributed by atoms with Crippen LogP contribution in [0.1, 0.15) is 51.9 Å². The predicted molar refractivity (Wildman–Crippen MR) is 69.8 cm³/mol. The summed E-state index contributed by atoms with van der Waals surface area (Å²) in [6.07, 6.45) is 7.92. The second kappa shape index (κ2) is 8.82. The number of carbonyl (C=O) groups excluding carboxylic acids is 1. The van der Waals surface area contributed by atoms with Crippen LogP contribution in [0.25, 0.3) is 0 Å². The molecule has 0 bridgehead atoms. The monoisotopic (exact) mass is 248 g/mol. The molecule has 0 aromatic carbocycles. The van der Waals surface area contributed by atoms with Gasteiger partial charge in [0.1, 0.15) is 0 Å². The maximum Gasteiger partial charge on any atom is 0.239 e. The number of halogens is 1. The lowest BCUT2D eigenvalue weighted by Crippen LogP contribution is -2.44. The van der Waals surface area contributed by atoms with Crippen LogP contribution in [-0.4, -0.2) is 29.9 Å². The van der Waals surface area contributed by atoms with Crippen molar-refractivity contribution in [1.29, 1.82) is 0 Å². The summed E-state index contributed by atoms with van der Waals surface area (Å²) in [5.41, 5.74) is 5.86. The Morgan fingerprint density at radius 2 is 1.69 bits per heavy atom. The van der Waals surface area contributed by atoms with Crippen LogP contribution in [0.4, 0.5) is 0 Å². The van der Waals surface area contributed by atoms with Crippen molar-refractivity contribution >= 4 is 18.3 Å². The van der Waals surface area contributed by atoms with Gasteiger partial charge in [0.2, 0.25) is 5.91 Å². The van der Waals surface area contributed by atoms with E-state index < -0.39 is 0 Å². The zero-order valence-electron chi connectivity index (χ0n) is 10.3. The van der Waals surface area contributed by atoms with Crippen LogP contribution >= 0.6 is 12.4 Å². The summed E-state index contributed by atoms with van der Waals surface area (Å²) >= 11 is 0. The number of nitrogens with zero attached hydrogens (tertiary/aromatic N) is 1. The van der Waals surface area contributed by atoms with Crippen molar-refractivity contribution in [1.82, 2.24) is 4.90 Å². The van der Waals surface area contributed by atoms with E-state index in [4.69, 9.17) is 5.73 Å². The van der Waals surface area contributed by atoms with Gasteiger partial charge in [0.05, 0.1) is 6.04 Å². The SMILES string of the molecule is CCCC(N)C(=O)N1CCCCCCC1.Cl. The van der Waals surface area contributed by atoms with Crippen LogP contribution in [-0.2, 0) is 4.79 Å². The first-order valence-corrected chi connectivity index (χ1v) is 6.30. The van der Waals surface area contributed by atoms with Crippen LogP contribution < -0.4 is 5.73 Å². The Morgan fingerprint density at radius 1 is 1.19 bits per heavy atom. The first kappa shape index (κ1) is 15.7. The van der Waals surface area contributed by atoms with Crippen LogP contribution in [0, 0.1) is 0 Å². The molecule has 1 saturated heterocycles. The molecule has 1 aliphatic heterocycles. The second-order valence-corrected chi connectivity index (χ2v) is 4.49. The summed E-state index contributed by atoms with van der Waals surface area (Å²) in [6, 6.07) is -0.269. The lowest BCUT2D eigenvalue weighted by atomic mass is 10.1. The molecule has 0 aromatic rings. The molecule has 1 fully saturated rings. The highest BCUT2D eigenvalue weighted by atomic mass is 35.5. The summed E-state index contributed by atoms with van der Waals surface area (Å²) in [5.74, 6) is 0.166. The molecule has 0 saturated carbocycles. The molecule has 4 heteroatoms. The van der Waals surface area contributed by atoms with E-state index in [1.165, 1.54) is 19.3 Å². The van der Waals surface area contributed by atoms with E-state index in [-0.39, 0.29) is 24.4 Å². The van der Waals surface area contributed by atoms with E-state index in [1.807, 2.05) is 4.90 Å². The number of carbonyl (C=O) groups is 1. The minimum absolute atomic E-state index is 0. The standard InChI is InChI=1S/C12H24N2O.ClH/c1-2-8-11(13)12(15)14-9-6-4-3-5-7-10-14;/h11H,2-10,13H2,1H3;1H. The van der Waals surface area contributed by atoms with Gasteiger partial charge in [0, 0.05) is 13.1 Å². The molecule has 0 aliphatic carbocycles. The molecule has 1 rings (SSSR count). The van der Waals surface area contributed by atoms with Crippen molar-refractivity contribution in [2.24, 2.45) is 5.73 Å². The summed E-state index contributed by atoms with van der Waals surface area (Å²) in [5, 5.41) is 0. The van der Waals surface area contributed by atoms with Crippen LogP contribution in [0.3, 0.4) is 0 Å². The van der Waals surface area contributed by atoms with Gasteiger partial charge in [-0.3, -0.25) is 4.79 Å². The summed E-state index contributed by atoms with van der Waals surface area (Å²) in [7, 11) is 0. The molecular formula is C12H25ClN2O. The van der Waals surface area contributed by atoms with E-state index >= 15 is 0 Å². The lowest BCUT2D eigenvalue weighted by Gasteiger charge is -2.27. The molecule has 0 radical (unpaired) electrons. The second-order valence-electron chi connectivity index (χ2n) is 4.49. The van der Waals surface area contributed by atoms with Crippen LogP contribution in [0.2, 0.25) is 0 Å². The Labute approximate surface area is 105 Å². The van der Waals surface area contributed by atoms with Gasteiger partial charge >= 0.3 is 0 Å². The van der Waals surface area contributed by atoms with Gasteiger partial charge in [0.25, 0.3) is 0 Å². The van der Waals surface area contributed by atoms with E-state index in [0.29, 0.717) is 0 Å². The van der Waals surface area contributed by atoms with Crippen molar-refractivity contribution in [3.63, 3.8) is 0 Å². The third kappa shape index (κ3) is 5.17. The molecule has 3 nitrogen and oxygen atoms in total. The fourth-order valence-corrected chi connectivity index (χ4v) is 2.14. The normalized spacial score (nSPS) is 19.2. The Kier molecular flexibility index (Phi) is 8.67. The van der Waals surface area contributed by atoms with Gasteiger partial charge in [-0.05, 0) is 19.3 Å². The maximum atomic E-state index is 12.0. The Morgan fingerprint density at radius 3 is 2.19 bits per heavy atom. The smallest absolute Gasteiger partial charge is 0.239 e. The predicted octanol–water partition coefficient (Wildman–Crippen LogP) is 2.33. The highest BCUT2D eigenvalue weighted by Gasteiger charge is 2.20. The van der Waals surface area contributed by atoms with Gasteiger partial charge in [-0.15, -0.1) is 12.4 Å². The minimum atomic E-state index is -0.269. The number of nitrogens with two attached hydrogens (primary N) is 1. The van der Waals surface area contributed by atoms with Gasteiger partial charge < -0.3 is 10.6 Å². The molecule has 0 spiro atoms. The molecule has 1 unspecified atom stereocenters. The van der Waals surface area contributed by atoms with E-state index in [0.717, 1.165) is 38.8 Å².